The van der Waals surface area contributed by atoms with Crippen molar-refractivity contribution < 1.29 is 9.13 Å². The lowest BCUT2D eigenvalue weighted by atomic mass is 9.97. The summed E-state index contributed by atoms with van der Waals surface area (Å²) in [4.78, 5) is 0. The summed E-state index contributed by atoms with van der Waals surface area (Å²) in [7, 11) is 1.53. The van der Waals surface area contributed by atoms with E-state index in [0.717, 1.165) is 12.8 Å². The molecule has 88 valence electrons. The zero-order valence-electron chi connectivity index (χ0n) is 9.38. The van der Waals surface area contributed by atoms with E-state index in [1.165, 1.54) is 26.0 Å². The van der Waals surface area contributed by atoms with Crippen molar-refractivity contribution in [3.8, 4) is 5.75 Å². The minimum Gasteiger partial charge on any atom is -0.497 e. The summed E-state index contributed by atoms with van der Waals surface area (Å²) < 4.78 is 18.7. The first kappa shape index (κ1) is 11.7. The topological polar surface area (TPSA) is 9.23 Å². The van der Waals surface area contributed by atoms with Gasteiger partial charge in [-0.3, -0.25) is 0 Å². The van der Waals surface area contributed by atoms with E-state index in [4.69, 9.17) is 16.3 Å². The molecule has 0 aliphatic heterocycles. The standard InChI is InChI=1S/C13H16ClFO/c1-16-10-6-7-11(12(15)8-10)13(14)9-4-2-3-5-9/h6-9,13H,2-5H2,1H3. The van der Waals surface area contributed by atoms with Crippen molar-refractivity contribution in [1.29, 1.82) is 0 Å². The first-order valence-electron chi connectivity index (χ1n) is 5.70. The SMILES string of the molecule is COc1ccc(C(Cl)C2CCCC2)c(F)c1. The van der Waals surface area contributed by atoms with Crippen molar-refractivity contribution in [2.75, 3.05) is 7.11 Å². The van der Waals surface area contributed by atoms with Crippen LogP contribution in [0.1, 0.15) is 36.6 Å². The summed E-state index contributed by atoms with van der Waals surface area (Å²) in [6.45, 7) is 0. The molecule has 1 saturated carbocycles. The van der Waals surface area contributed by atoms with Crippen molar-refractivity contribution in [3.05, 3.63) is 29.6 Å². The van der Waals surface area contributed by atoms with Crippen molar-refractivity contribution >= 4 is 11.6 Å². The Bertz CT molecular complexity index is 361. The van der Waals surface area contributed by atoms with Crippen LogP contribution in [-0.2, 0) is 0 Å². The minimum absolute atomic E-state index is 0.201. The number of ether oxygens (including phenoxy) is 1. The van der Waals surface area contributed by atoms with Crippen LogP contribution < -0.4 is 4.74 Å². The summed E-state index contributed by atoms with van der Waals surface area (Å²) in [6.07, 6.45) is 4.65. The van der Waals surface area contributed by atoms with Crippen LogP contribution in [0.25, 0.3) is 0 Å². The third-order valence-corrected chi connectivity index (χ3v) is 3.91. The van der Waals surface area contributed by atoms with Gasteiger partial charge >= 0.3 is 0 Å². The fourth-order valence-corrected chi connectivity index (χ4v) is 2.79. The molecule has 1 aliphatic rings. The van der Waals surface area contributed by atoms with Gasteiger partial charge in [0, 0.05) is 11.6 Å². The molecule has 2 rings (SSSR count). The Hall–Kier alpha value is -0.760. The Morgan fingerprint density at radius 1 is 1.38 bits per heavy atom. The van der Waals surface area contributed by atoms with Crippen molar-refractivity contribution in [3.63, 3.8) is 0 Å². The van der Waals surface area contributed by atoms with Gasteiger partial charge in [-0.05, 0) is 24.8 Å². The fourth-order valence-electron chi connectivity index (χ4n) is 2.36. The summed E-state index contributed by atoms with van der Waals surface area (Å²) in [5.74, 6) is 0.701. The fraction of sp³-hybridized carbons (Fsp3) is 0.538. The summed E-state index contributed by atoms with van der Waals surface area (Å²) >= 11 is 6.33. The average molecular weight is 243 g/mol. The molecule has 1 aromatic rings. The van der Waals surface area contributed by atoms with Crippen LogP contribution in [0.5, 0.6) is 5.75 Å². The minimum atomic E-state index is -0.258. The second-order valence-electron chi connectivity index (χ2n) is 4.33. The highest BCUT2D eigenvalue weighted by Gasteiger charge is 2.26. The molecule has 0 aromatic heterocycles. The van der Waals surface area contributed by atoms with Gasteiger partial charge in [-0.2, -0.15) is 0 Å². The molecule has 1 nitrogen and oxygen atoms in total. The van der Waals surface area contributed by atoms with E-state index in [1.54, 1.807) is 12.1 Å². The van der Waals surface area contributed by atoms with E-state index >= 15 is 0 Å². The molecule has 0 saturated heterocycles. The van der Waals surface area contributed by atoms with Crippen LogP contribution in [0.15, 0.2) is 18.2 Å². The lowest BCUT2D eigenvalue weighted by molar-refractivity contribution is 0.409. The smallest absolute Gasteiger partial charge is 0.131 e. The monoisotopic (exact) mass is 242 g/mol. The number of halogens is 2. The van der Waals surface area contributed by atoms with Crippen LogP contribution in [0.2, 0.25) is 0 Å². The number of hydrogen-bond donors (Lipinski definition) is 0. The lowest BCUT2D eigenvalue weighted by Gasteiger charge is -2.18. The first-order valence-corrected chi connectivity index (χ1v) is 6.13. The van der Waals surface area contributed by atoms with E-state index < -0.39 is 0 Å². The van der Waals surface area contributed by atoms with Gasteiger partial charge < -0.3 is 4.74 Å². The third-order valence-electron chi connectivity index (χ3n) is 3.32. The first-order chi connectivity index (χ1) is 7.72. The van der Waals surface area contributed by atoms with E-state index in [-0.39, 0.29) is 11.2 Å². The molecular weight excluding hydrogens is 227 g/mol. The zero-order chi connectivity index (χ0) is 11.5. The molecule has 0 bridgehead atoms. The van der Waals surface area contributed by atoms with Crippen LogP contribution >= 0.6 is 11.6 Å². The second-order valence-corrected chi connectivity index (χ2v) is 4.80. The maximum Gasteiger partial charge on any atom is 0.131 e. The molecule has 1 aliphatic carbocycles. The second kappa shape index (κ2) is 5.05. The molecule has 3 heteroatoms. The highest BCUT2D eigenvalue weighted by atomic mass is 35.5. The quantitative estimate of drug-likeness (QED) is 0.718. The van der Waals surface area contributed by atoms with Crippen molar-refractivity contribution in [1.82, 2.24) is 0 Å². The lowest BCUT2D eigenvalue weighted by Crippen LogP contribution is -2.05. The Kier molecular flexibility index (Phi) is 3.70. The van der Waals surface area contributed by atoms with Gasteiger partial charge in [-0.25, -0.2) is 4.39 Å². The normalized spacial score (nSPS) is 18.7. The van der Waals surface area contributed by atoms with Gasteiger partial charge in [0.1, 0.15) is 11.6 Å². The predicted octanol–water partition coefficient (Wildman–Crippen LogP) is 4.30. The van der Waals surface area contributed by atoms with Gasteiger partial charge in [-0.15, -0.1) is 11.6 Å². The largest absolute Gasteiger partial charge is 0.497 e. The molecule has 1 fully saturated rings. The zero-order valence-corrected chi connectivity index (χ0v) is 10.1. The van der Waals surface area contributed by atoms with Gasteiger partial charge in [0.25, 0.3) is 0 Å². The van der Waals surface area contributed by atoms with E-state index in [9.17, 15) is 4.39 Å². The Balaban J connectivity index is 2.19. The maximum absolute atomic E-state index is 13.8. The highest BCUT2D eigenvalue weighted by molar-refractivity contribution is 6.21. The molecule has 0 N–H and O–H groups in total. The Morgan fingerprint density at radius 2 is 2.06 bits per heavy atom. The molecule has 0 heterocycles. The average Bonchev–Trinajstić information content (AvgIpc) is 2.81. The molecule has 0 radical (unpaired) electrons. The van der Waals surface area contributed by atoms with Crippen LogP contribution in [0.3, 0.4) is 0 Å². The molecular formula is C13H16ClFO. The Morgan fingerprint density at radius 3 is 2.62 bits per heavy atom. The van der Waals surface area contributed by atoms with E-state index in [2.05, 4.69) is 0 Å². The number of alkyl halides is 1. The van der Waals surface area contributed by atoms with Gasteiger partial charge in [0.15, 0.2) is 0 Å². The molecule has 1 unspecified atom stereocenters. The third kappa shape index (κ3) is 2.32. The number of benzene rings is 1. The highest BCUT2D eigenvalue weighted by Crippen LogP contribution is 2.41. The maximum atomic E-state index is 13.8. The van der Waals surface area contributed by atoms with Crippen LogP contribution in [0.4, 0.5) is 4.39 Å². The molecule has 0 spiro atoms. The molecule has 0 amide bonds. The number of hydrogen-bond acceptors (Lipinski definition) is 1. The molecule has 1 aromatic carbocycles. The van der Waals surface area contributed by atoms with E-state index in [0.29, 0.717) is 17.2 Å². The van der Waals surface area contributed by atoms with Crippen LogP contribution in [0, 0.1) is 11.7 Å². The summed E-state index contributed by atoms with van der Waals surface area (Å²) in [6, 6.07) is 4.91. The summed E-state index contributed by atoms with van der Waals surface area (Å²) in [5.41, 5.74) is 0.606. The molecule has 16 heavy (non-hydrogen) atoms. The van der Waals surface area contributed by atoms with Crippen molar-refractivity contribution in [2.45, 2.75) is 31.1 Å². The van der Waals surface area contributed by atoms with E-state index in [1.807, 2.05) is 0 Å². The van der Waals surface area contributed by atoms with Gasteiger partial charge in [0.2, 0.25) is 0 Å². The van der Waals surface area contributed by atoms with Gasteiger partial charge in [0.05, 0.1) is 12.5 Å². The van der Waals surface area contributed by atoms with Crippen molar-refractivity contribution in [2.24, 2.45) is 5.92 Å². The molecule has 1 atom stereocenters. The van der Waals surface area contributed by atoms with Crippen LogP contribution in [-0.4, -0.2) is 7.11 Å². The predicted molar refractivity (Wildman–Crippen MR) is 63.5 cm³/mol. The van der Waals surface area contributed by atoms with Gasteiger partial charge in [-0.1, -0.05) is 18.9 Å². The Labute approximate surface area is 101 Å². The number of rotatable bonds is 3. The number of methoxy groups -OCH3 is 1. The summed E-state index contributed by atoms with van der Waals surface area (Å²) in [5, 5.41) is -0.201.